The molecule has 2 aromatic rings. The van der Waals surface area contributed by atoms with Crippen LogP contribution in [0.4, 0.5) is 33.5 Å². The van der Waals surface area contributed by atoms with Gasteiger partial charge in [-0.3, -0.25) is 4.79 Å². The first-order chi connectivity index (χ1) is 12.7. The van der Waals surface area contributed by atoms with Crippen LogP contribution in [0.2, 0.25) is 0 Å². The van der Waals surface area contributed by atoms with Crippen LogP contribution in [0.5, 0.6) is 0 Å². The van der Waals surface area contributed by atoms with E-state index >= 15 is 0 Å². The number of halogens is 5. The molecule has 1 saturated heterocycles. The second kappa shape index (κ2) is 7.49. The van der Waals surface area contributed by atoms with Crippen LogP contribution in [-0.4, -0.2) is 47.4 Å². The SMILES string of the molecule is O=c1cc(N2CCN(c3ccc(C(F)(F)F)cn3)CC2)cnn1CC(F)F. The molecule has 1 aliphatic rings. The molecule has 11 heteroatoms. The normalized spacial score (nSPS) is 15.5. The third kappa shape index (κ3) is 4.52. The lowest BCUT2D eigenvalue weighted by Gasteiger charge is -2.36. The number of rotatable bonds is 4. The Bertz CT molecular complexity index is 828. The van der Waals surface area contributed by atoms with Crippen LogP contribution in [-0.2, 0) is 12.7 Å². The van der Waals surface area contributed by atoms with Crippen LogP contribution >= 0.6 is 0 Å². The van der Waals surface area contributed by atoms with Crippen LogP contribution in [0.3, 0.4) is 0 Å². The zero-order valence-electron chi connectivity index (χ0n) is 14.0. The topological polar surface area (TPSA) is 54.3 Å². The van der Waals surface area contributed by atoms with Gasteiger partial charge in [0.05, 0.1) is 17.4 Å². The van der Waals surface area contributed by atoms with Gasteiger partial charge in [-0.25, -0.2) is 18.4 Å². The summed E-state index contributed by atoms with van der Waals surface area (Å²) in [5.74, 6) is 0.438. The van der Waals surface area contributed by atoms with Crippen LogP contribution in [0.15, 0.2) is 35.4 Å². The van der Waals surface area contributed by atoms with Crippen molar-refractivity contribution in [1.29, 1.82) is 0 Å². The fourth-order valence-corrected chi connectivity index (χ4v) is 2.80. The maximum atomic E-state index is 12.6. The van der Waals surface area contributed by atoms with Crippen molar-refractivity contribution in [2.24, 2.45) is 0 Å². The number of hydrogen-bond donors (Lipinski definition) is 0. The first-order valence-electron chi connectivity index (χ1n) is 8.12. The Morgan fingerprint density at radius 2 is 1.70 bits per heavy atom. The first-order valence-corrected chi connectivity index (χ1v) is 8.12. The number of pyridine rings is 1. The Kier molecular flexibility index (Phi) is 5.29. The van der Waals surface area contributed by atoms with Crippen LogP contribution in [0.25, 0.3) is 0 Å². The molecule has 2 aromatic heterocycles. The minimum absolute atomic E-state index is 0.438. The fraction of sp³-hybridized carbons (Fsp3) is 0.438. The summed E-state index contributed by atoms with van der Waals surface area (Å²) >= 11 is 0. The molecule has 0 unspecified atom stereocenters. The summed E-state index contributed by atoms with van der Waals surface area (Å²) in [5, 5.41) is 3.75. The number of piperazine rings is 1. The molecule has 1 fully saturated rings. The third-order valence-electron chi connectivity index (χ3n) is 4.21. The van der Waals surface area contributed by atoms with Crippen LogP contribution in [0, 0.1) is 0 Å². The van der Waals surface area contributed by atoms with Gasteiger partial charge >= 0.3 is 6.18 Å². The van der Waals surface area contributed by atoms with Gasteiger partial charge in [-0.2, -0.15) is 18.3 Å². The molecule has 0 bridgehead atoms. The van der Waals surface area contributed by atoms with Crippen molar-refractivity contribution in [3.05, 3.63) is 46.5 Å². The second-order valence-corrected chi connectivity index (χ2v) is 6.00. The molecule has 3 rings (SSSR count). The van der Waals surface area contributed by atoms with E-state index in [0.29, 0.717) is 42.4 Å². The zero-order chi connectivity index (χ0) is 19.6. The van der Waals surface area contributed by atoms with Crippen LogP contribution < -0.4 is 15.4 Å². The molecular formula is C16H16F5N5O. The molecule has 3 heterocycles. The van der Waals surface area contributed by atoms with Gasteiger partial charge in [0, 0.05) is 38.4 Å². The molecular weight excluding hydrogens is 373 g/mol. The summed E-state index contributed by atoms with van der Waals surface area (Å²) in [7, 11) is 0. The highest BCUT2D eigenvalue weighted by molar-refractivity contribution is 5.47. The van der Waals surface area contributed by atoms with Crippen LogP contribution in [0.1, 0.15) is 5.56 Å². The Morgan fingerprint density at radius 1 is 1.04 bits per heavy atom. The van der Waals surface area contributed by atoms with Crippen molar-refractivity contribution < 1.29 is 22.0 Å². The van der Waals surface area contributed by atoms with E-state index in [4.69, 9.17) is 0 Å². The summed E-state index contributed by atoms with van der Waals surface area (Å²) in [6.07, 6.45) is -4.94. The average molecular weight is 389 g/mol. The zero-order valence-corrected chi connectivity index (χ0v) is 14.0. The molecule has 0 aliphatic carbocycles. The second-order valence-electron chi connectivity index (χ2n) is 6.00. The molecule has 0 atom stereocenters. The molecule has 0 saturated carbocycles. The molecule has 0 amide bonds. The number of alkyl halides is 5. The van der Waals surface area contributed by atoms with E-state index in [1.165, 1.54) is 18.3 Å². The Morgan fingerprint density at radius 3 is 2.22 bits per heavy atom. The van der Waals surface area contributed by atoms with Gasteiger partial charge in [-0.05, 0) is 12.1 Å². The number of anilines is 2. The van der Waals surface area contributed by atoms with Gasteiger partial charge in [-0.15, -0.1) is 0 Å². The van der Waals surface area contributed by atoms with E-state index in [-0.39, 0.29) is 0 Å². The lowest BCUT2D eigenvalue weighted by molar-refractivity contribution is -0.137. The Balaban J connectivity index is 1.63. The highest BCUT2D eigenvalue weighted by atomic mass is 19.4. The van der Waals surface area contributed by atoms with Crippen molar-refractivity contribution in [3.8, 4) is 0 Å². The maximum Gasteiger partial charge on any atom is 0.417 e. The minimum Gasteiger partial charge on any atom is -0.367 e. The molecule has 0 aromatic carbocycles. The number of aromatic nitrogens is 3. The lowest BCUT2D eigenvalue weighted by atomic mass is 10.2. The molecule has 0 spiro atoms. The quantitative estimate of drug-likeness (QED) is 0.751. The third-order valence-corrected chi connectivity index (χ3v) is 4.21. The van der Waals surface area contributed by atoms with E-state index in [9.17, 15) is 26.7 Å². The van der Waals surface area contributed by atoms with E-state index < -0.39 is 30.3 Å². The monoisotopic (exact) mass is 389 g/mol. The highest BCUT2D eigenvalue weighted by Crippen LogP contribution is 2.29. The summed E-state index contributed by atoms with van der Waals surface area (Å²) in [5.41, 5.74) is -0.898. The Hall–Kier alpha value is -2.72. The lowest BCUT2D eigenvalue weighted by Crippen LogP contribution is -2.47. The predicted molar refractivity (Wildman–Crippen MR) is 88.2 cm³/mol. The first kappa shape index (κ1) is 19.1. The highest BCUT2D eigenvalue weighted by Gasteiger charge is 2.31. The molecule has 0 radical (unpaired) electrons. The molecule has 1 aliphatic heterocycles. The van der Waals surface area contributed by atoms with Gasteiger partial charge in [0.2, 0.25) is 0 Å². The molecule has 27 heavy (non-hydrogen) atoms. The van der Waals surface area contributed by atoms with E-state index in [0.717, 1.165) is 12.3 Å². The molecule has 6 nitrogen and oxygen atoms in total. The van der Waals surface area contributed by atoms with E-state index in [1.54, 1.807) is 0 Å². The van der Waals surface area contributed by atoms with E-state index in [1.807, 2.05) is 9.80 Å². The maximum absolute atomic E-state index is 12.6. The smallest absolute Gasteiger partial charge is 0.367 e. The average Bonchev–Trinajstić information content (AvgIpc) is 2.63. The summed E-state index contributed by atoms with van der Waals surface area (Å²) in [6.45, 7) is 1.19. The van der Waals surface area contributed by atoms with Crippen molar-refractivity contribution in [2.45, 2.75) is 19.1 Å². The molecule has 0 N–H and O–H groups in total. The summed E-state index contributed by atoms with van der Waals surface area (Å²) < 4.78 is 63.2. The Labute approximate surface area is 150 Å². The van der Waals surface area contributed by atoms with E-state index in [2.05, 4.69) is 10.1 Å². The fourth-order valence-electron chi connectivity index (χ4n) is 2.80. The summed E-state index contributed by atoms with van der Waals surface area (Å²) in [4.78, 5) is 19.4. The van der Waals surface area contributed by atoms with Crippen molar-refractivity contribution >= 4 is 11.5 Å². The standard InChI is InChI=1S/C16H16F5N5O/c17-13(18)10-26-15(27)7-12(9-23-26)24-3-5-25(6-4-24)14-2-1-11(8-22-14)16(19,20)21/h1-2,7-9,13H,3-6,10H2. The van der Waals surface area contributed by atoms with Crippen molar-refractivity contribution in [2.75, 3.05) is 36.0 Å². The summed E-state index contributed by atoms with van der Waals surface area (Å²) in [6, 6.07) is 3.56. The molecule has 146 valence electrons. The van der Waals surface area contributed by atoms with Crippen molar-refractivity contribution in [3.63, 3.8) is 0 Å². The van der Waals surface area contributed by atoms with Gasteiger partial charge in [0.25, 0.3) is 12.0 Å². The van der Waals surface area contributed by atoms with Gasteiger partial charge in [0.1, 0.15) is 12.4 Å². The van der Waals surface area contributed by atoms with Gasteiger partial charge in [0.15, 0.2) is 0 Å². The predicted octanol–water partition coefficient (Wildman–Crippen LogP) is 2.25. The van der Waals surface area contributed by atoms with Gasteiger partial charge in [-0.1, -0.05) is 0 Å². The minimum atomic E-state index is -4.43. The van der Waals surface area contributed by atoms with Gasteiger partial charge < -0.3 is 9.80 Å². The number of hydrogen-bond acceptors (Lipinski definition) is 5. The van der Waals surface area contributed by atoms with Crippen molar-refractivity contribution in [1.82, 2.24) is 14.8 Å². The number of nitrogens with zero attached hydrogens (tertiary/aromatic N) is 5. The largest absolute Gasteiger partial charge is 0.417 e.